The predicted octanol–water partition coefficient (Wildman–Crippen LogP) is 5.77. The number of anilines is 1. The Kier molecular flexibility index (Phi) is 6.10. The molecule has 0 radical (unpaired) electrons. The lowest BCUT2D eigenvalue weighted by molar-refractivity contribution is 0.102. The summed E-state index contributed by atoms with van der Waals surface area (Å²) in [5.74, 6) is 2.43. The van der Waals surface area contributed by atoms with Gasteiger partial charge in [0.15, 0.2) is 0 Å². The van der Waals surface area contributed by atoms with Crippen molar-refractivity contribution in [3.05, 3.63) is 84.4 Å². The monoisotopic (exact) mass is 361 g/mol. The van der Waals surface area contributed by atoms with Crippen LogP contribution in [0.3, 0.4) is 0 Å². The van der Waals surface area contributed by atoms with Crippen LogP contribution >= 0.6 is 0 Å². The van der Waals surface area contributed by atoms with Crippen LogP contribution in [0.25, 0.3) is 0 Å². The first kappa shape index (κ1) is 18.5. The smallest absolute Gasteiger partial charge is 0.255 e. The Labute approximate surface area is 159 Å². The summed E-state index contributed by atoms with van der Waals surface area (Å²) in [5.41, 5.74) is 1.26. The van der Waals surface area contributed by atoms with Crippen molar-refractivity contribution in [2.24, 2.45) is 5.92 Å². The van der Waals surface area contributed by atoms with E-state index in [4.69, 9.17) is 9.47 Å². The number of benzene rings is 3. The van der Waals surface area contributed by atoms with E-state index in [1.807, 2.05) is 66.7 Å². The Morgan fingerprint density at radius 2 is 1.52 bits per heavy atom. The molecule has 3 rings (SSSR count). The van der Waals surface area contributed by atoms with Gasteiger partial charge >= 0.3 is 0 Å². The molecule has 0 bridgehead atoms. The molecule has 4 nitrogen and oxygen atoms in total. The summed E-state index contributed by atoms with van der Waals surface area (Å²) >= 11 is 0. The van der Waals surface area contributed by atoms with E-state index in [2.05, 4.69) is 19.2 Å². The minimum Gasteiger partial charge on any atom is -0.493 e. The van der Waals surface area contributed by atoms with Crippen LogP contribution in [0.15, 0.2) is 78.9 Å². The molecular weight excluding hydrogens is 338 g/mol. The van der Waals surface area contributed by atoms with Gasteiger partial charge in [0.05, 0.1) is 6.61 Å². The number of hydrogen-bond acceptors (Lipinski definition) is 3. The maximum Gasteiger partial charge on any atom is 0.255 e. The van der Waals surface area contributed by atoms with E-state index in [9.17, 15) is 4.79 Å². The average molecular weight is 361 g/mol. The van der Waals surface area contributed by atoms with Crippen LogP contribution in [0.5, 0.6) is 17.2 Å². The highest BCUT2D eigenvalue weighted by atomic mass is 16.5. The third kappa shape index (κ3) is 5.61. The van der Waals surface area contributed by atoms with E-state index in [0.29, 0.717) is 35.3 Å². The molecule has 0 aromatic heterocycles. The van der Waals surface area contributed by atoms with Crippen LogP contribution in [0.4, 0.5) is 5.69 Å². The number of amides is 1. The topological polar surface area (TPSA) is 47.6 Å². The van der Waals surface area contributed by atoms with Gasteiger partial charge in [-0.05, 0) is 60.5 Å². The molecule has 0 aliphatic rings. The number of ether oxygens (including phenoxy) is 2. The quantitative estimate of drug-likeness (QED) is 0.581. The molecule has 138 valence electrons. The Morgan fingerprint density at radius 3 is 2.22 bits per heavy atom. The zero-order valence-corrected chi connectivity index (χ0v) is 15.5. The molecule has 0 fully saturated rings. The summed E-state index contributed by atoms with van der Waals surface area (Å²) in [6.07, 6.45) is 0. The molecule has 3 aromatic rings. The maximum atomic E-state index is 12.5. The molecule has 0 aliphatic heterocycles. The zero-order chi connectivity index (χ0) is 19.1. The van der Waals surface area contributed by atoms with E-state index in [1.165, 1.54) is 0 Å². The van der Waals surface area contributed by atoms with E-state index in [-0.39, 0.29) is 5.91 Å². The van der Waals surface area contributed by atoms with Gasteiger partial charge in [0.1, 0.15) is 17.2 Å². The van der Waals surface area contributed by atoms with Crippen LogP contribution in [0.2, 0.25) is 0 Å². The lowest BCUT2D eigenvalue weighted by Gasteiger charge is -2.11. The minimum absolute atomic E-state index is 0.179. The SMILES string of the molecule is CC(C)COc1cccc(C(=O)Nc2ccc(Oc3ccccc3)cc2)c1. The minimum atomic E-state index is -0.179. The molecule has 0 heterocycles. The summed E-state index contributed by atoms with van der Waals surface area (Å²) in [5, 5.41) is 2.89. The van der Waals surface area contributed by atoms with E-state index in [1.54, 1.807) is 12.1 Å². The van der Waals surface area contributed by atoms with Crippen LogP contribution in [0, 0.1) is 5.92 Å². The maximum absolute atomic E-state index is 12.5. The van der Waals surface area contributed by atoms with Crippen molar-refractivity contribution in [3.8, 4) is 17.2 Å². The zero-order valence-electron chi connectivity index (χ0n) is 15.5. The Balaban J connectivity index is 1.61. The Hall–Kier alpha value is -3.27. The Morgan fingerprint density at radius 1 is 0.852 bits per heavy atom. The summed E-state index contributed by atoms with van der Waals surface area (Å²) in [4.78, 5) is 12.5. The van der Waals surface area contributed by atoms with Gasteiger partial charge in [-0.2, -0.15) is 0 Å². The molecule has 0 saturated carbocycles. The second-order valence-corrected chi connectivity index (χ2v) is 6.63. The number of rotatable bonds is 7. The summed E-state index contributed by atoms with van der Waals surface area (Å²) in [6.45, 7) is 4.79. The first-order valence-corrected chi connectivity index (χ1v) is 8.97. The van der Waals surface area contributed by atoms with Crippen molar-refractivity contribution in [1.82, 2.24) is 0 Å². The molecule has 0 atom stereocenters. The van der Waals surface area contributed by atoms with Gasteiger partial charge in [0, 0.05) is 11.3 Å². The van der Waals surface area contributed by atoms with E-state index in [0.717, 1.165) is 5.75 Å². The van der Waals surface area contributed by atoms with Crippen molar-refractivity contribution in [2.75, 3.05) is 11.9 Å². The second-order valence-electron chi connectivity index (χ2n) is 6.63. The van der Waals surface area contributed by atoms with Gasteiger partial charge < -0.3 is 14.8 Å². The number of carbonyl (C=O) groups is 1. The first-order chi connectivity index (χ1) is 13.1. The van der Waals surface area contributed by atoms with E-state index < -0.39 is 0 Å². The standard InChI is InChI=1S/C23H23NO3/c1-17(2)16-26-22-10-6-7-18(15-22)23(25)24-19-11-13-21(14-12-19)27-20-8-4-3-5-9-20/h3-15,17H,16H2,1-2H3,(H,24,25). The second kappa shape index (κ2) is 8.90. The highest BCUT2D eigenvalue weighted by Crippen LogP contribution is 2.23. The fourth-order valence-corrected chi connectivity index (χ4v) is 2.42. The number of nitrogens with one attached hydrogen (secondary N) is 1. The molecule has 3 aromatic carbocycles. The first-order valence-electron chi connectivity index (χ1n) is 8.97. The molecule has 4 heteroatoms. The van der Waals surface area contributed by atoms with Crippen LogP contribution < -0.4 is 14.8 Å². The highest BCUT2D eigenvalue weighted by Gasteiger charge is 2.08. The van der Waals surface area contributed by atoms with Crippen molar-refractivity contribution in [1.29, 1.82) is 0 Å². The summed E-state index contributed by atoms with van der Waals surface area (Å²) < 4.78 is 11.4. The average Bonchev–Trinajstić information content (AvgIpc) is 2.69. The lowest BCUT2D eigenvalue weighted by atomic mass is 10.2. The third-order valence-corrected chi connectivity index (χ3v) is 3.77. The molecule has 27 heavy (non-hydrogen) atoms. The predicted molar refractivity (Wildman–Crippen MR) is 108 cm³/mol. The molecule has 1 amide bonds. The number of carbonyl (C=O) groups excluding carboxylic acids is 1. The number of para-hydroxylation sites is 1. The largest absolute Gasteiger partial charge is 0.493 e. The van der Waals surface area contributed by atoms with Gasteiger partial charge in [0.25, 0.3) is 5.91 Å². The van der Waals surface area contributed by atoms with Crippen LogP contribution in [-0.4, -0.2) is 12.5 Å². The van der Waals surface area contributed by atoms with Gasteiger partial charge in [0.2, 0.25) is 0 Å². The molecule has 1 N–H and O–H groups in total. The fraction of sp³-hybridized carbons (Fsp3) is 0.174. The van der Waals surface area contributed by atoms with Crippen molar-refractivity contribution < 1.29 is 14.3 Å². The lowest BCUT2D eigenvalue weighted by Crippen LogP contribution is -2.12. The summed E-state index contributed by atoms with van der Waals surface area (Å²) in [7, 11) is 0. The third-order valence-electron chi connectivity index (χ3n) is 3.77. The molecule has 0 saturated heterocycles. The van der Waals surface area contributed by atoms with Crippen molar-refractivity contribution >= 4 is 11.6 Å². The van der Waals surface area contributed by atoms with Crippen LogP contribution in [-0.2, 0) is 0 Å². The summed E-state index contributed by atoms with van der Waals surface area (Å²) in [6, 6.07) is 24.0. The van der Waals surface area contributed by atoms with Gasteiger partial charge in [-0.3, -0.25) is 4.79 Å². The molecular formula is C23H23NO3. The highest BCUT2D eigenvalue weighted by molar-refractivity contribution is 6.04. The van der Waals surface area contributed by atoms with Crippen molar-refractivity contribution in [3.63, 3.8) is 0 Å². The fourth-order valence-electron chi connectivity index (χ4n) is 2.42. The van der Waals surface area contributed by atoms with Crippen molar-refractivity contribution in [2.45, 2.75) is 13.8 Å². The van der Waals surface area contributed by atoms with Crippen LogP contribution in [0.1, 0.15) is 24.2 Å². The van der Waals surface area contributed by atoms with Gasteiger partial charge in [-0.1, -0.05) is 38.1 Å². The molecule has 0 spiro atoms. The molecule has 0 unspecified atom stereocenters. The Bertz CT molecular complexity index is 874. The van der Waals surface area contributed by atoms with E-state index >= 15 is 0 Å². The number of hydrogen-bond donors (Lipinski definition) is 1. The normalized spacial score (nSPS) is 10.5. The molecule has 0 aliphatic carbocycles. The van der Waals surface area contributed by atoms with Gasteiger partial charge in [-0.15, -0.1) is 0 Å². The van der Waals surface area contributed by atoms with Gasteiger partial charge in [-0.25, -0.2) is 0 Å².